The molecule has 2 amide bonds. The van der Waals surface area contributed by atoms with Crippen molar-refractivity contribution in [3.8, 4) is 5.75 Å². The highest BCUT2D eigenvalue weighted by molar-refractivity contribution is 6.02. The number of amides is 2. The van der Waals surface area contributed by atoms with E-state index in [1.54, 1.807) is 12.1 Å². The number of nitrogens with zero attached hydrogens (tertiary/aromatic N) is 4. The number of ether oxygens (including phenoxy) is 1. The number of carbonyl (C=O) groups is 2. The van der Waals surface area contributed by atoms with Crippen LogP contribution < -0.4 is 20.4 Å². The summed E-state index contributed by atoms with van der Waals surface area (Å²) in [6, 6.07) is 2.88. The Morgan fingerprint density at radius 3 is 2.79 bits per heavy atom. The highest BCUT2D eigenvalue weighted by Crippen LogP contribution is 2.27. The molecule has 1 aliphatic heterocycles. The Hall–Kier alpha value is -3.44. The number of halogens is 3. The Kier molecular flexibility index (Phi) is 5.27. The van der Waals surface area contributed by atoms with E-state index >= 15 is 0 Å². The van der Waals surface area contributed by atoms with Crippen molar-refractivity contribution < 1.29 is 27.5 Å². The van der Waals surface area contributed by atoms with Gasteiger partial charge >= 0.3 is 6.18 Å². The zero-order chi connectivity index (χ0) is 21.3. The van der Waals surface area contributed by atoms with Crippen molar-refractivity contribution in [1.29, 1.82) is 0 Å². The maximum absolute atomic E-state index is 12.7. The maximum Gasteiger partial charge on any atom is 0.408 e. The quantitative estimate of drug-likeness (QED) is 0.796. The Bertz CT molecular complexity index is 1020. The number of pyridine rings is 1. The molecule has 1 aliphatic rings. The zero-order valence-corrected chi connectivity index (χ0v) is 15.4. The summed E-state index contributed by atoms with van der Waals surface area (Å²) >= 11 is 0. The van der Waals surface area contributed by atoms with E-state index in [0.29, 0.717) is 10.4 Å². The first-order valence-corrected chi connectivity index (χ1v) is 8.38. The van der Waals surface area contributed by atoms with Crippen LogP contribution in [0.2, 0.25) is 0 Å². The molecule has 0 fully saturated rings. The molecular formula is C17H16F3N5O4. The van der Waals surface area contributed by atoms with Crippen LogP contribution in [0.15, 0.2) is 29.2 Å². The Labute approximate surface area is 162 Å². The molecule has 0 radical (unpaired) electrons. The predicted molar refractivity (Wildman–Crippen MR) is 93.7 cm³/mol. The molecule has 12 heteroatoms. The lowest BCUT2D eigenvalue weighted by Gasteiger charge is -2.19. The van der Waals surface area contributed by atoms with Crippen LogP contribution in [0.4, 0.5) is 19.0 Å². The van der Waals surface area contributed by atoms with Gasteiger partial charge in [-0.1, -0.05) is 0 Å². The Morgan fingerprint density at radius 1 is 1.38 bits per heavy atom. The van der Waals surface area contributed by atoms with Gasteiger partial charge in [0.05, 0.1) is 0 Å². The van der Waals surface area contributed by atoms with E-state index < -0.39 is 41.7 Å². The molecule has 1 N–H and O–H groups in total. The second-order valence-electron chi connectivity index (χ2n) is 6.33. The van der Waals surface area contributed by atoms with E-state index in [1.165, 1.54) is 25.1 Å². The van der Waals surface area contributed by atoms with Crippen molar-refractivity contribution in [1.82, 2.24) is 20.1 Å². The van der Waals surface area contributed by atoms with Crippen LogP contribution >= 0.6 is 0 Å². The van der Waals surface area contributed by atoms with Crippen LogP contribution in [-0.4, -0.2) is 52.5 Å². The molecule has 0 saturated heterocycles. The average molecular weight is 411 g/mol. The van der Waals surface area contributed by atoms with Gasteiger partial charge in [-0.05, 0) is 19.1 Å². The lowest BCUT2D eigenvalue weighted by Crippen LogP contribution is -2.50. The van der Waals surface area contributed by atoms with Crippen LogP contribution in [0.5, 0.6) is 5.75 Å². The third-order valence-electron chi connectivity index (χ3n) is 4.15. The van der Waals surface area contributed by atoms with Crippen molar-refractivity contribution in [3.63, 3.8) is 0 Å². The first-order valence-electron chi connectivity index (χ1n) is 8.38. The zero-order valence-electron chi connectivity index (χ0n) is 15.4. The number of hydrogen-bond donors (Lipinski definition) is 1. The number of carbonyl (C=O) groups excluding carboxylic acids is 2. The van der Waals surface area contributed by atoms with Crippen molar-refractivity contribution in [2.45, 2.75) is 25.7 Å². The summed E-state index contributed by atoms with van der Waals surface area (Å²) in [5.74, 6) is -1.09. The van der Waals surface area contributed by atoms with E-state index in [9.17, 15) is 27.6 Å². The average Bonchev–Trinajstić information content (AvgIpc) is 2.75. The molecule has 1 atom stereocenters. The highest BCUT2D eigenvalue weighted by Gasteiger charge is 2.33. The van der Waals surface area contributed by atoms with Crippen LogP contribution in [0, 0.1) is 6.92 Å². The van der Waals surface area contributed by atoms with Crippen LogP contribution in [0.3, 0.4) is 0 Å². The molecule has 0 saturated carbocycles. The molecule has 1 unspecified atom stereocenters. The summed E-state index contributed by atoms with van der Waals surface area (Å²) in [6.07, 6.45) is -3.13. The number of anilines is 1. The lowest BCUT2D eigenvalue weighted by molar-refractivity contribution is -0.143. The number of likely N-dealkylation sites (N-methyl/N-ethyl adjacent to an activating group) is 1. The van der Waals surface area contributed by atoms with Gasteiger partial charge in [-0.2, -0.15) is 18.3 Å². The Morgan fingerprint density at radius 2 is 2.10 bits per heavy atom. The van der Waals surface area contributed by atoms with Gasteiger partial charge in [0.1, 0.15) is 19.2 Å². The van der Waals surface area contributed by atoms with Gasteiger partial charge in [-0.3, -0.25) is 24.0 Å². The molecule has 0 bridgehead atoms. The highest BCUT2D eigenvalue weighted by atomic mass is 19.4. The number of aryl methyl sites for hydroxylation is 1. The van der Waals surface area contributed by atoms with Crippen molar-refractivity contribution >= 4 is 17.6 Å². The van der Waals surface area contributed by atoms with E-state index in [2.05, 4.69) is 15.4 Å². The number of hydrogen-bond acceptors (Lipinski definition) is 6. The standard InChI is InChI=1S/C17H16F3N5O4/c1-9-6-11(26)13(23-25(9)8-17(18,19)20)15(27)22-10-7-29-12-4-3-5-21-14(12)24(2)16(10)28/h3-6,10H,7-8H2,1-2H3,(H,22,27). The monoisotopic (exact) mass is 411 g/mol. The van der Waals surface area contributed by atoms with Crippen LogP contribution in [-0.2, 0) is 11.3 Å². The van der Waals surface area contributed by atoms with Crippen LogP contribution in [0.25, 0.3) is 0 Å². The Balaban J connectivity index is 1.84. The SMILES string of the molecule is Cc1cc(=O)c(C(=O)NC2COc3cccnc3N(C)C2=O)nn1CC(F)(F)F. The number of alkyl halides is 3. The molecule has 0 aliphatic carbocycles. The fraction of sp³-hybridized carbons (Fsp3) is 0.353. The smallest absolute Gasteiger partial charge is 0.408 e. The van der Waals surface area contributed by atoms with Crippen molar-refractivity contribution in [2.24, 2.45) is 0 Å². The minimum absolute atomic E-state index is 0.0565. The van der Waals surface area contributed by atoms with Gasteiger partial charge < -0.3 is 10.1 Å². The third-order valence-corrected chi connectivity index (χ3v) is 4.15. The summed E-state index contributed by atoms with van der Waals surface area (Å²) < 4.78 is 44.0. The second-order valence-corrected chi connectivity index (χ2v) is 6.33. The first kappa shape index (κ1) is 20.3. The number of rotatable bonds is 3. The molecule has 154 valence electrons. The summed E-state index contributed by atoms with van der Waals surface area (Å²) in [6.45, 7) is -0.450. The topological polar surface area (TPSA) is 106 Å². The van der Waals surface area contributed by atoms with E-state index in [-0.39, 0.29) is 18.1 Å². The number of nitrogens with one attached hydrogen (secondary N) is 1. The molecule has 29 heavy (non-hydrogen) atoms. The first-order chi connectivity index (χ1) is 13.6. The second kappa shape index (κ2) is 7.53. The summed E-state index contributed by atoms with van der Waals surface area (Å²) in [5, 5.41) is 5.82. The minimum Gasteiger partial charge on any atom is -0.487 e. The van der Waals surface area contributed by atoms with Gasteiger partial charge in [0, 0.05) is 25.0 Å². The number of aromatic nitrogens is 3. The molecule has 3 rings (SSSR count). The third kappa shape index (κ3) is 4.36. The van der Waals surface area contributed by atoms with Crippen molar-refractivity contribution in [3.05, 3.63) is 46.0 Å². The van der Waals surface area contributed by atoms with Crippen molar-refractivity contribution in [2.75, 3.05) is 18.6 Å². The van der Waals surface area contributed by atoms with Gasteiger partial charge in [-0.15, -0.1) is 0 Å². The fourth-order valence-corrected chi connectivity index (χ4v) is 2.73. The van der Waals surface area contributed by atoms with Gasteiger partial charge in [0.25, 0.3) is 11.8 Å². The lowest BCUT2D eigenvalue weighted by atomic mass is 10.2. The molecule has 0 aromatic carbocycles. The molecule has 3 heterocycles. The van der Waals surface area contributed by atoms with Crippen LogP contribution in [0.1, 0.15) is 16.2 Å². The largest absolute Gasteiger partial charge is 0.487 e. The van der Waals surface area contributed by atoms with Gasteiger partial charge in [0.15, 0.2) is 17.3 Å². The summed E-state index contributed by atoms with van der Waals surface area (Å²) in [4.78, 5) is 42.4. The normalized spacial score (nSPS) is 16.7. The molecule has 2 aromatic rings. The van der Waals surface area contributed by atoms with E-state index in [4.69, 9.17) is 4.74 Å². The number of fused-ring (bicyclic) bond motifs is 1. The summed E-state index contributed by atoms with van der Waals surface area (Å²) in [7, 11) is 1.43. The predicted octanol–water partition coefficient (Wildman–Crippen LogP) is 0.663. The van der Waals surface area contributed by atoms with Gasteiger partial charge in [0.2, 0.25) is 5.43 Å². The molecule has 2 aromatic heterocycles. The summed E-state index contributed by atoms with van der Waals surface area (Å²) in [5.41, 5.74) is -1.67. The van der Waals surface area contributed by atoms with Gasteiger partial charge in [-0.25, -0.2) is 4.98 Å². The van der Waals surface area contributed by atoms with E-state index in [1.807, 2.05) is 0 Å². The molecule has 9 nitrogen and oxygen atoms in total. The maximum atomic E-state index is 12.7. The minimum atomic E-state index is -4.59. The molecular weight excluding hydrogens is 395 g/mol. The van der Waals surface area contributed by atoms with E-state index in [0.717, 1.165) is 6.07 Å². The molecule has 0 spiro atoms. The fourth-order valence-electron chi connectivity index (χ4n) is 2.73.